The number of carbonyl (C=O) groups excluding carboxylic acids is 2. The zero-order chi connectivity index (χ0) is 23.3. The van der Waals surface area contributed by atoms with Crippen LogP contribution in [0.2, 0.25) is 0 Å². The lowest BCUT2D eigenvalue weighted by atomic mass is 9.93. The lowest BCUT2D eigenvalue weighted by Crippen LogP contribution is -2.73. The Bertz CT molecular complexity index is 981. The average Bonchev–Trinajstić information content (AvgIpc) is 2.82. The van der Waals surface area contributed by atoms with Gasteiger partial charge in [-0.1, -0.05) is 30.3 Å². The Morgan fingerprint density at radius 1 is 1.06 bits per heavy atom. The molecule has 32 heavy (non-hydrogen) atoms. The first kappa shape index (κ1) is 22.9. The van der Waals surface area contributed by atoms with Gasteiger partial charge in [-0.15, -0.1) is 0 Å². The maximum atomic E-state index is 12.9. The van der Waals surface area contributed by atoms with Gasteiger partial charge in [-0.05, 0) is 17.7 Å². The van der Waals surface area contributed by atoms with Crippen molar-refractivity contribution in [3.8, 4) is 11.5 Å². The Balaban J connectivity index is 1.82. The number of hydrogen-bond acceptors (Lipinski definition) is 7. The highest BCUT2D eigenvalue weighted by Crippen LogP contribution is 2.33. The van der Waals surface area contributed by atoms with E-state index in [1.165, 1.54) is 26.2 Å². The van der Waals surface area contributed by atoms with Crippen LogP contribution in [0.4, 0.5) is 4.79 Å². The minimum absolute atomic E-state index is 0.00835. The number of nitrogens with zero attached hydrogens (tertiary/aromatic N) is 2. The van der Waals surface area contributed by atoms with Crippen LogP contribution in [-0.2, 0) is 32.3 Å². The minimum atomic E-state index is -1.49. The molecule has 0 aromatic heterocycles. The summed E-state index contributed by atoms with van der Waals surface area (Å²) in [7, 11) is 4.16. The van der Waals surface area contributed by atoms with E-state index in [1.54, 1.807) is 42.5 Å². The second-order valence-corrected chi connectivity index (χ2v) is 6.92. The lowest BCUT2D eigenvalue weighted by Gasteiger charge is -2.47. The summed E-state index contributed by atoms with van der Waals surface area (Å²) in [6.45, 7) is -0.0778. The first-order valence-electron chi connectivity index (χ1n) is 9.69. The van der Waals surface area contributed by atoms with E-state index < -0.39 is 30.1 Å². The average molecular weight is 444 g/mol. The number of hydroxylamine groups is 2. The van der Waals surface area contributed by atoms with E-state index in [1.807, 2.05) is 6.07 Å². The predicted octanol–water partition coefficient (Wildman–Crippen LogP) is 2.07. The number of benzene rings is 2. The van der Waals surface area contributed by atoms with Crippen LogP contribution in [0.1, 0.15) is 11.1 Å². The maximum absolute atomic E-state index is 12.9. The van der Waals surface area contributed by atoms with Crippen LogP contribution in [0.15, 0.2) is 48.5 Å². The highest BCUT2D eigenvalue weighted by Gasteiger charge is 2.57. The smallest absolute Gasteiger partial charge is 0.432 e. The van der Waals surface area contributed by atoms with Crippen LogP contribution in [0.5, 0.6) is 11.5 Å². The predicted molar refractivity (Wildman–Crippen MR) is 111 cm³/mol. The molecule has 0 spiro atoms. The van der Waals surface area contributed by atoms with E-state index in [-0.39, 0.29) is 13.2 Å². The van der Waals surface area contributed by atoms with Crippen molar-refractivity contribution >= 4 is 18.0 Å². The Morgan fingerprint density at radius 2 is 1.78 bits per heavy atom. The van der Waals surface area contributed by atoms with Gasteiger partial charge in [-0.25, -0.2) is 9.59 Å². The van der Waals surface area contributed by atoms with E-state index in [9.17, 15) is 19.5 Å². The molecule has 0 bridgehead atoms. The van der Waals surface area contributed by atoms with Crippen LogP contribution in [0, 0.1) is 0 Å². The summed E-state index contributed by atoms with van der Waals surface area (Å²) in [6.07, 6.45) is -1.49. The van der Waals surface area contributed by atoms with E-state index in [4.69, 9.17) is 19.0 Å². The molecule has 1 aliphatic heterocycles. The summed E-state index contributed by atoms with van der Waals surface area (Å²) in [5, 5.41) is 10.1. The van der Waals surface area contributed by atoms with Crippen LogP contribution >= 0.6 is 0 Å². The normalized spacial score (nSPS) is 17.3. The number of carboxylic acid groups (broad SMARTS) is 1. The molecule has 0 radical (unpaired) electrons. The largest absolute Gasteiger partial charge is 0.497 e. The van der Waals surface area contributed by atoms with Crippen molar-refractivity contribution in [3.63, 3.8) is 0 Å². The van der Waals surface area contributed by atoms with Gasteiger partial charge in [-0.2, -0.15) is 5.06 Å². The second-order valence-electron chi connectivity index (χ2n) is 6.92. The van der Waals surface area contributed by atoms with E-state index >= 15 is 0 Å². The molecule has 2 unspecified atom stereocenters. The molecule has 2 aromatic rings. The molecule has 170 valence electrons. The number of methoxy groups -OCH3 is 3. The maximum Gasteiger partial charge on any atom is 0.432 e. The van der Waals surface area contributed by atoms with Gasteiger partial charge in [0.1, 0.15) is 18.1 Å². The fourth-order valence-corrected chi connectivity index (χ4v) is 3.45. The molecule has 1 saturated heterocycles. The van der Waals surface area contributed by atoms with Gasteiger partial charge < -0.3 is 24.2 Å². The fourth-order valence-electron chi connectivity index (χ4n) is 3.45. The molecule has 1 aliphatic rings. The van der Waals surface area contributed by atoms with Gasteiger partial charge in [-0.3, -0.25) is 9.63 Å². The SMILES string of the molecule is COC(=O)C1C(N(OCc2ccccc2)C(=O)O)C(=O)N1Cc1ccc(OC)cc1OC. The number of rotatable bonds is 9. The van der Waals surface area contributed by atoms with Crippen LogP contribution in [0.25, 0.3) is 0 Å². The second kappa shape index (κ2) is 10.0. The van der Waals surface area contributed by atoms with E-state index in [2.05, 4.69) is 0 Å². The van der Waals surface area contributed by atoms with Gasteiger partial charge >= 0.3 is 12.1 Å². The number of β-lactam (4-membered cyclic amide) rings is 1. The Hall–Kier alpha value is -3.79. The molecule has 1 heterocycles. The minimum Gasteiger partial charge on any atom is -0.497 e. The monoisotopic (exact) mass is 444 g/mol. The zero-order valence-electron chi connectivity index (χ0n) is 17.9. The molecule has 10 nitrogen and oxygen atoms in total. The third-order valence-corrected chi connectivity index (χ3v) is 5.10. The van der Waals surface area contributed by atoms with Crippen molar-refractivity contribution in [2.24, 2.45) is 0 Å². The lowest BCUT2D eigenvalue weighted by molar-refractivity contribution is -0.218. The summed E-state index contributed by atoms with van der Waals surface area (Å²) < 4.78 is 15.3. The first-order valence-corrected chi connectivity index (χ1v) is 9.69. The van der Waals surface area contributed by atoms with Gasteiger partial charge in [0.05, 0.1) is 27.9 Å². The van der Waals surface area contributed by atoms with Crippen molar-refractivity contribution < 1.29 is 38.5 Å². The van der Waals surface area contributed by atoms with Crippen molar-refractivity contribution in [3.05, 3.63) is 59.7 Å². The topological polar surface area (TPSA) is 115 Å². The number of carbonyl (C=O) groups is 3. The zero-order valence-corrected chi connectivity index (χ0v) is 17.9. The summed E-state index contributed by atoms with van der Waals surface area (Å²) in [4.78, 5) is 43.9. The number of likely N-dealkylation sites (tertiary alicyclic amines) is 1. The molecule has 2 amide bonds. The van der Waals surface area contributed by atoms with E-state index in [0.29, 0.717) is 27.7 Å². The van der Waals surface area contributed by atoms with Crippen molar-refractivity contribution in [1.29, 1.82) is 0 Å². The van der Waals surface area contributed by atoms with Crippen molar-refractivity contribution in [1.82, 2.24) is 9.96 Å². The summed E-state index contributed by atoms with van der Waals surface area (Å²) in [5.74, 6) is -0.320. The molecule has 1 fully saturated rings. The number of ether oxygens (including phenoxy) is 3. The Morgan fingerprint density at radius 3 is 2.38 bits per heavy atom. The highest BCUT2D eigenvalue weighted by molar-refractivity contribution is 6.01. The van der Waals surface area contributed by atoms with Crippen LogP contribution in [-0.4, -0.2) is 66.5 Å². The standard InChI is InChI=1S/C22H24N2O8/c1-29-16-10-9-15(17(11-16)30-2)12-23-19(21(26)31-3)18(20(23)25)24(22(27)28)32-13-14-7-5-4-6-8-14/h4-11,18-19H,12-13H2,1-3H3,(H,27,28). The Labute approximate surface area is 184 Å². The summed E-state index contributed by atoms with van der Waals surface area (Å²) in [5.41, 5.74) is 1.32. The molecular weight excluding hydrogens is 420 g/mol. The van der Waals surface area contributed by atoms with Gasteiger partial charge in [0.2, 0.25) is 0 Å². The highest BCUT2D eigenvalue weighted by atomic mass is 16.7. The molecule has 10 heteroatoms. The number of amides is 2. The number of hydrogen-bond donors (Lipinski definition) is 1. The quantitative estimate of drug-likeness (QED) is 0.355. The third kappa shape index (κ3) is 4.59. The molecule has 1 N–H and O–H groups in total. The molecular formula is C22H24N2O8. The van der Waals surface area contributed by atoms with Crippen molar-refractivity contribution in [2.75, 3.05) is 21.3 Å². The van der Waals surface area contributed by atoms with E-state index in [0.717, 1.165) is 0 Å². The van der Waals surface area contributed by atoms with Crippen molar-refractivity contribution in [2.45, 2.75) is 25.2 Å². The van der Waals surface area contributed by atoms with Gasteiger partial charge in [0, 0.05) is 11.6 Å². The van der Waals surface area contributed by atoms with Crippen LogP contribution < -0.4 is 9.47 Å². The first-order chi connectivity index (χ1) is 15.4. The number of esters is 1. The molecule has 0 aliphatic carbocycles. The Kier molecular flexibility index (Phi) is 7.16. The van der Waals surface area contributed by atoms with Gasteiger partial charge in [0.25, 0.3) is 5.91 Å². The van der Waals surface area contributed by atoms with Crippen LogP contribution in [0.3, 0.4) is 0 Å². The van der Waals surface area contributed by atoms with Gasteiger partial charge in [0.15, 0.2) is 12.1 Å². The molecule has 0 saturated carbocycles. The molecule has 3 rings (SSSR count). The molecule has 2 aromatic carbocycles. The fraction of sp³-hybridized carbons (Fsp3) is 0.318. The molecule has 2 atom stereocenters. The third-order valence-electron chi connectivity index (χ3n) is 5.10. The summed E-state index contributed by atoms with van der Waals surface area (Å²) >= 11 is 0. The summed E-state index contributed by atoms with van der Waals surface area (Å²) in [6, 6.07) is 11.4.